The van der Waals surface area contributed by atoms with Crippen LogP contribution in [-0.2, 0) is 31.3 Å². The molecule has 9 nitrogen and oxygen atoms in total. The molecule has 2 aromatic rings. The minimum atomic E-state index is -1.39. The average molecular weight is 463 g/mol. The van der Waals surface area contributed by atoms with Gasteiger partial charge >= 0.3 is 0 Å². The highest BCUT2D eigenvalue weighted by molar-refractivity contribution is 6.15. The van der Waals surface area contributed by atoms with E-state index in [9.17, 15) is 19.2 Å². The number of primary amides is 1. The van der Waals surface area contributed by atoms with Crippen molar-refractivity contribution in [1.82, 2.24) is 10.2 Å². The van der Waals surface area contributed by atoms with Gasteiger partial charge in [0.1, 0.15) is 11.3 Å². The average Bonchev–Trinajstić information content (AvgIpc) is 3.40. The Morgan fingerprint density at radius 3 is 2.62 bits per heavy atom. The maximum absolute atomic E-state index is 13.8. The molecule has 176 valence electrons. The molecule has 1 spiro atoms. The zero-order valence-corrected chi connectivity index (χ0v) is 19.0. The zero-order chi connectivity index (χ0) is 24.2. The van der Waals surface area contributed by atoms with Crippen LogP contribution in [0.4, 0.5) is 5.69 Å². The number of nitrogens with two attached hydrogens (primary N) is 1. The summed E-state index contributed by atoms with van der Waals surface area (Å²) in [6.45, 7) is 1.92. The summed E-state index contributed by atoms with van der Waals surface area (Å²) in [4.78, 5) is 53.7. The number of fused-ring (bicyclic) bond motifs is 4. The van der Waals surface area contributed by atoms with Gasteiger partial charge in [0, 0.05) is 29.3 Å². The summed E-state index contributed by atoms with van der Waals surface area (Å²) < 4.78 is 5.40. The van der Waals surface area contributed by atoms with Crippen LogP contribution in [0.25, 0.3) is 0 Å². The van der Waals surface area contributed by atoms with E-state index in [4.69, 9.17) is 10.5 Å². The van der Waals surface area contributed by atoms with Gasteiger partial charge in [-0.2, -0.15) is 0 Å². The van der Waals surface area contributed by atoms with E-state index in [1.165, 1.54) is 12.0 Å². The van der Waals surface area contributed by atoms with Crippen molar-refractivity contribution in [1.29, 1.82) is 0 Å². The molecule has 0 saturated carbocycles. The fourth-order valence-electron chi connectivity index (χ4n) is 5.74. The second kappa shape index (κ2) is 7.95. The molecule has 3 aliphatic rings. The van der Waals surface area contributed by atoms with E-state index in [1.807, 2.05) is 31.2 Å². The first-order valence-corrected chi connectivity index (χ1v) is 11.2. The Bertz CT molecular complexity index is 1230. The van der Waals surface area contributed by atoms with Crippen LogP contribution >= 0.6 is 0 Å². The molecule has 2 aromatic carbocycles. The number of para-hydroxylation sites is 2. The fourth-order valence-corrected chi connectivity index (χ4v) is 5.74. The van der Waals surface area contributed by atoms with Gasteiger partial charge in [-0.15, -0.1) is 0 Å². The van der Waals surface area contributed by atoms with Gasteiger partial charge < -0.3 is 15.8 Å². The topological polar surface area (TPSA) is 131 Å². The quantitative estimate of drug-likeness (QED) is 0.553. The van der Waals surface area contributed by atoms with E-state index in [2.05, 4.69) is 10.6 Å². The molecule has 0 unspecified atom stereocenters. The van der Waals surface area contributed by atoms with Crippen LogP contribution in [0.2, 0.25) is 0 Å². The summed E-state index contributed by atoms with van der Waals surface area (Å²) in [7, 11) is 1.53. The van der Waals surface area contributed by atoms with Crippen molar-refractivity contribution < 1.29 is 23.9 Å². The van der Waals surface area contributed by atoms with Crippen LogP contribution in [0, 0.1) is 18.8 Å². The summed E-state index contributed by atoms with van der Waals surface area (Å²) in [5, 5.41) is 6.23. The Morgan fingerprint density at radius 2 is 1.88 bits per heavy atom. The van der Waals surface area contributed by atoms with Crippen LogP contribution in [0.1, 0.15) is 29.5 Å². The van der Waals surface area contributed by atoms with Crippen molar-refractivity contribution in [2.45, 2.75) is 37.9 Å². The van der Waals surface area contributed by atoms with Crippen molar-refractivity contribution in [3.8, 4) is 5.75 Å². The van der Waals surface area contributed by atoms with Crippen molar-refractivity contribution in [3.05, 3.63) is 59.2 Å². The van der Waals surface area contributed by atoms with E-state index in [0.29, 0.717) is 22.6 Å². The lowest BCUT2D eigenvalue weighted by atomic mass is 9.76. The van der Waals surface area contributed by atoms with Crippen molar-refractivity contribution in [2.24, 2.45) is 17.6 Å². The third-order valence-electron chi connectivity index (χ3n) is 7.27. The maximum atomic E-state index is 13.8. The van der Waals surface area contributed by atoms with E-state index < -0.39 is 35.2 Å². The van der Waals surface area contributed by atoms with E-state index in [1.54, 1.807) is 18.2 Å². The molecule has 2 saturated heterocycles. The van der Waals surface area contributed by atoms with Gasteiger partial charge in [0.25, 0.3) is 0 Å². The zero-order valence-electron chi connectivity index (χ0n) is 19.0. The molecule has 34 heavy (non-hydrogen) atoms. The molecule has 2 fully saturated rings. The first kappa shape index (κ1) is 22.1. The Morgan fingerprint density at radius 1 is 1.12 bits per heavy atom. The second-order valence-electron chi connectivity index (χ2n) is 9.09. The fraction of sp³-hybridized carbons (Fsp3) is 0.360. The number of rotatable bonds is 6. The molecule has 3 heterocycles. The summed E-state index contributed by atoms with van der Waals surface area (Å²) in [5.74, 6) is -2.82. The van der Waals surface area contributed by atoms with Crippen molar-refractivity contribution >= 4 is 29.3 Å². The number of nitrogens with zero attached hydrogens (tertiary/aromatic N) is 1. The number of carbonyl (C=O) groups is 4. The molecule has 0 radical (unpaired) electrons. The summed E-state index contributed by atoms with van der Waals surface area (Å²) in [5.41, 5.74) is 6.84. The van der Waals surface area contributed by atoms with Crippen LogP contribution < -0.4 is 21.1 Å². The standard InChI is InChI=1S/C25H26N4O5/c1-13-6-5-8-15-21(13)27-24(33)25(15)20-19(16(28-25)10-11-18(26)30)22(31)29(23(20)32)12-14-7-3-4-9-17(14)34-2/h3-9,16,19-20,28H,10-12H2,1-2H3,(H2,26,30)(H,27,33)/t16-,19-,20-,25+/m1/s1. The Kier molecular flexibility index (Phi) is 5.16. The molecule has 0 bridgehead atoms. The number of imide groups is 1. The number of hydrogen-bond acceptors (Lipinski definition) is 6. The highest BCUT2D eigenvalue weighted by Gasteiger charge is 2.70. The Labute approximate surface area is 196 Å². The summed E-state index contributed by atoms with van der Waals surface area (Å²) in [6, 6.07) is 12.1. The van der Waals surface area contributed by atoms with Gasteiger partial charge in [-0.25, -0.2) is 0 Å². The number of hydrogen-bond donors (Lipinski definition) is 3. The molecule has 3 aliphatic heterocycles. The van der Waals surface area contributed by atoms with Crippen LogP contribution in [0.5, 0.6) is 5.75 Å². The number of ether oxygens (including phenoxy) is 1. The lowest BCUT2D eigenvalue weighted by Gasteiger charge is -2.29. The number of benzene rings is 2. The van der Waals surface area contributed by atoms with Gasteiger partial charge in [0.05, 0.1) is 25.5 Å². The molecule has 0 aliphatic carbocycles. The van der Waals surface area contributed by atoms with Gasteiger partial charge in [-0.3, -0.25) is 29.4 Å². The van der Waals surface area contributed by atoms with Gasteiger partial charge in [-0.05, 0) is 25.0 Å². The second-order valence-corrected chi connectivity index (χ2v) is 9.09. The first-order valence-electron chi connectivity index (χ1n) is 11.2. The SMILES string of the molecule is COc1ccccc1CN1C(=O)[C@@H]2[C@@H](CCC(N)=O)N[C@]3(C(=O)Nc4c(C)cccc43)[C@H]2C1=O. The van der Waals surface area contributed by atoms with Crippen LogP contribution in [0.15, 0.2) is 42.5 Å². The summed E-state index contributed by atoms with van der Waals surface area (Å²) in [6.07, 6.45) is 0.279. The Hall–Kier alpha value is -3.72. The molecule has 4 N–H and O–H groups in total. The minimum Gasteiger partial charge on any atom is -0.496 e. The smallest absolute Gasteiger partial charge is 0.250 e. The maximum Gasteiger partial charge on any atom is 0.250 e. The summed E-state index contributed by atoms with van der Waals surface area (Å²) >= 11 is 0. The van der Waals surface area contributed by atoms with Crippen molar-refractivity contribution in [2.75, 3.05) is 12.4 Å². The van der Waals surface area contributed by atoms with Gasteiger partial charge in [0.15, 0.2) is 0 Å². The van der Waals surface area contributed by atoms with Crippen LogP contribution in [-0.4, -0.2) is 41.7 Å². The minimum absolute atomic E-state index is 0.0350. The van der Waals surface area contributed by atoms with Gasteiger partial charge in [0.2, 0.25) is 23.6 Å². The highest BCUT2D eigenvalue weighted by atomic mass is 16.5. The number of carbonyl (C=O) groups excluding carboxylic acids is 4. The molecular formula is C25H26N4O5. The molecule has 4 amide bonds. The third-order valence-corrected chi connectivity index (χ3v) is 7.27. The molecule has 9 heteroatoms. The van der Waals surface area contributed by atoms with Crippen LogP contribution in [0.3, 0.4) is 0 Å². The molecule has 4 atom stereocenters. The van der Waals surface area contributed by atoms with E-state index >= 15 is 0 Å². The third kappa shape index (κ3) is 3.03. The number of likely N-dealkylation sites (tertiary alicyclic amines) is 1. The lowest BCUT2D eigenvalue weighted by molar-refractivity contribution is -0.143. The number of amides is 4. The molecule has 0 aromatic heterocycles. The number of methoxy groups -OCH3 is 1. The number of anilines is 1. The number of aryl methyl sites for hydroxylation is 1. The Balaban J connectivity index is 1.59. The predicted molar refractivity (Wildman–Crippen MR) is 122 cm³/mol. The van der Waals surface area contributed by atoms with Gasteiger partial charge in [-0.1, -0.05) is 36.4 Å². The lowest BCUT2D eigenvalue weighted by Crippen LogP contribution is -2.53. The molecule has 5 rings (SSSR count). The monoisotopic (exact) mass is 462 g/mol. The predicted octanol–water partition coefficient (Wildman–Crippen LogP) is 1.19. The van der Waals surface area contributed by atoms with E-state index in [0.717, 1.165) is 5.56 Å². The van der Waals surface area contributed by atoms with Crippen molar-refractivity contribution in [3.63, 3.8) is 0 Å². The number of nitrogens with one attached hydrogen (secondary N) is 2. The normalized spacial score (nSPS) is 27.2. The largest absolute Gasteiger partial charge is 0.496 e. The first-order chi connectivity index (χ1) is 16.3. The van der Waals surface area contributed by atoms with E-state index in [-0.39, 0.29) is 31.2 Å². The highest BCUT2D eigenvalue weighted by Crippen LogP contribution is 2.54. The molecular weight excluding hydrogens is 436 g/mol.